The number of nitrogens with zero attached hydrogens (tertiary/aromatic N) is 3. The first kappa shape index (κ1) is 12.4. The summed E-state index contributed by atoms with van der Waals surface area (Å²) < 4.78 is 0. The third kappa shape index (κ3) is 6.42. The summed E-state index contributed by atoms with van der Waals surface area (Å²) in [6, 6.07) is 2.08. The molecule has 1 rings (SSSR count). The van der Waals surface area contributed by atoms with E-state index in [1.807, 2.05) is 0 Å². The molecule has 0 aromatic heterocycles. The summed E-state index contributed by atoms with van der Waals surface area (Å²) in [4.78, 5) is 4.71. The standard InChI is InChI=1S/C13H11N3O/c14-12-13-8-4-1-2-7-11-17-16-15-10-6-3-5-9-13/h1-11H/b2-1-,5-3-,8-4-,10-6-,11-7-,13-9+,16-15?. The van der Waals surface area contributed by atoms with Crippen LogP contribution in [-0.2, 0) is 4.84 Å². The summed E-state index contributed by atoms with van der Waals surface area (Å²) in [5.41, 5.74) is 0.566. The van der Waals surface area contributed by atoms with Gasteiger partial charge in [0.25, 0.3) is 0 Å². The van der Waals surface area contributed by atoms with Crippen LogP contribution in [0.25, 0.3) is 0 Å². The van der Waals surface area contributed by atoms with E-state index in [4.69, 9.17) is 10.1 Å². The molecule has 0 fully saturated rings. The number of nitriles is 1. The van der Waals surface area contributed by atoms with Gasteiger partial charge in [-0.25, -0.2) is 0 Å². The molecular weight excluding hydrogens is 214 g/mol. The van der Waals surface area contributed by atoms with Gasteiger partial charge >= 0.3 is 0 Å². The fraction of sp³-hybridized carbons (Fsp3) is 0. The van der Waals surface area contributed by atoms with Crippen molar-refractivity contribution in [1.82, 2.24) is 0 Å². The maximum atomic E-state index is 8.83. The monoisotopic (exact) mass is 225 g/mol. The molecule has 0 saturated heterocycles. The fourth-order valence-electron chi connectivity index (χ4n) is 0.891. The van der Waals surface area contributed by atoms with Crippen molar-refractivity contribution in [1.29, 1.82) is 5.26 Å². The first-order valence-corrected chi connectivity index (χ1v) is 4.93. The van der Waals surface area contributed by atoms with Crippen molar-refractivity contribution in [3.05, 3.63) is 72.7 Å². The zero-order valence-electron chi connectivity index (χ0n) is 9.10. The number of rotatable bonds is 0. The Kier molecular flexibility index (Phi) is 6.29. The van der Waals surface area contributed by atoms with Crippen LogP contribution < -0.4 is 0 Å². The quantitative estimate of drug-likeness (QED) is 0.633. The molecule has 0 aromatic rings. The Morgan fingerprint density at radius 3 is 2.71 bits per heavy atom. The molecule has 0 radical (unpaired) electrons. The molecule has 0 atom stereocenters. The molecule has 4 nitrogen and oxygen atoms in total. The molecule has 84 valence electrons. The summed E-state index contributed by atoms with van der Waals surface area (Å²) in [7, 11) is 0. The van der Waals surface area contributed by atoms with Gasteiger partial charge in [0.2, 0.25) is 0 Å². The van der Waals surface area contributed by atoms with Crippen LogP contribution in [0, 0.1) is 11.3 Å². The van der Waals surface area contributed by atoms with E-state index in [9.17, 15) is 0 Å². The van der Waals surface area contributed by atoms with Crippen LogP contribution in [-0.4, -0.2) is 0 Å². The highest BCUT2D eigenvalue weighted by Crippen LogP contribution is 1.97. The van der Waals surface area contributed by atoms with Crippen LogP contribution in [0.5, 0.6) is 0 Å². The van der Waals surface area contributed by atoms with Crippen LogP contribution in [0.1, 0.15) is 0 Å². The first-order valence-electron chi connectivity index (χ1n) is 4.93. The minimum absolute atomic E-state index is 0.566. The predicted octanol–water partition coefficient (Wildman–Crippen LogP) is 3.53. The Hall–Kier alpha value is -2.67. The average molecular weight is 225 g/mol. The van der Waals surface area contributed by atoms with Gasteiger partial charge in [-0.05, 0) is 24.3 Å². The predicted molar refractivity (Wildman–Crippen MR) is 65.3 cm³/mol. The molecular formula is C13H11N3O. The normalized spacial score (nSPS) is 28.1. The minimum atomic E-state index is 0.566. The Morgan fingerprint density at radius 1 is 1.00 bits per heavy atom. The first-order chi connectivity index (χ1) is 8.43. The van der Waals surface area contributed by atoms with E-state index in [1.165, 1.54) is 12.5 Å². The van der Waals surface area contributed by atoms with E-state index in [0.29, 0.717) is 5.57 Å². The third-order valence-corrected chi connectivity index (χ3v) is 1.62. The molecule has 0 bridgehead atoms. The van der Waals surface area contributed by atoms with Crippen LogP contribution >= 0.6 is 0 Å². The molecule has 1 aliphatic rings. The lowest BCUT2D eigenvalue weighted by Crippen LogP contribution is -1.68. The summed E-state index contributed by atoms with van der Waals surface area (Å²) in [6.07, 6.45) is 18.5. The number of hydrogen-bond donors (Lipinski definition) is 0. The Bertz CT molecular complexity index is 471. The molecule has 0 aliphatic carbocycles. The molecule has 4 heteroatoms. The zero-order valence-corrected chi connectivity index (χ0v) is 9.10. The molecule has 1 aliphatic heterocycles. The van der Waals surface area contributed by atoms with E-state index in [-0.39, 0.29) is 0 Å². The van der Waals surface area contributed by atoms with Gasteiger partial charge < -0.3 is 4.84 Å². The van der Waals surface area contributed by atoms with Gasteiger partial charge in [0.05, 0.1) is 17.8 Å². The highest BCUT2D eigenvalue weighted by atomic mass is 16.6. The van der Waals surface area contributed by atoms with Gasteiger partial charge in [0, 0.05) is 5.28 Å². The molecule has 1 heterocycles. The third-order valence-electron chi connectivity index (χ3n) is 1.62. The van der Waals surface area contributed by atoms with Gasteiger partial charge in [0.15, 0.2) is 0 Å². The second-order valence-corrected chi connectivity index (χ2v) is 2.84. The van der Waals surface area contributed by atoms with Crippen LogP contribution in [0.2, 0.25) is 0 Å². The molecule has 0 N–H and O–H groups in total. The van der Waals surface area contributed by atoms with Gasteiger partial charge in [-0.1, -0.05) is 30.4 Å². The molecule has 0 aromatic carbocycles. The van der Waals surface area contributed by atoms with E-state index in [0.717, 1.165) is 0 Å². The van der Waals surface area contributed by atoms with E-state index >= 15 is 0 Å². The van der Waals surface area contributed by atoms with E-state index in [2.05, 4.69) is 16.5 Å². The van der Waals surface area contributed by atoms with Crippen LogP contribution in [0.3, 0.4) is 0 Å². The van der Waals surface area contributed by atoms with Crippen molar-refractivity contribution >= 4 is 0 Å². The topological polar surface area (TPSA) is 57.7 Å². The second kappa shape index (κ2) is 8.62. The van der Waals surface area contributed by atoms with Crippen molar-refractivity contribution in [2.75, 3.05) is 0 Å². The van der Waals surface area contributed by atoms with Gasteiger partial charge in [0.1, 0.15) is 6.26 Å². The van der Waals surface area contributed by atoms with E-state index in [1.54, 1.807) is 54.7 Å². The SMILES string of the molecule is N#CC1=C/C=C\C=C/N=NO/C=C\C=C/C=C\1. The lowest BCUT2D eigenvalue weighted by atomic mass is 10.2. The van der Waals surface area contributed by atoms with Crippen molar-refractivity contribution in [2.24, 2.45) is 10.4 Å². The maximum absolute atomic E-state index is 8.83. The molecule has 17 heavy (non-hydrogen) atoms. The minimum Gasteiger partial charge on any atom is -0.347 e. The van der Waals surface area contributed by atoms with Crippen molar-refractivity contribution in [3.8, 4) is 6.07 Å². The zero-order chi connectivity index (χ0) is 12.2. The van der Waals surface area contributed by atoms with Gasteiger partial charge in [-0.15, -0.1) is 5.11 Å². The largest absolute Gasteiger partial charge is 0.347 e. The van der Waals surface area contributed by atoms with Crippen molar-refractivity contribution < 1.29 is 4.84 Å². The highest BCUT2D eigenvalue weighted by molar-refractivity contribution is 5.37. The Labute approximate surface area is 99.9 Å². The molecule has 0 saturated carbocycles. The number of hydrogen-bond acceptors (Lipinski definition) is 4. The van der Waals surface area contributed by atoms with Gasteiger partial charge in [-0.3, -0.25) is 0 Å². The van der Waals surface area contributed by atoms with Crippen LogP contribution in [0.4, 0.5) is 0 Å². The summed E-state index contributed by atoms with van der Waals surface area (Å²) in [5, 5.41) is 15.9. The Morgan fingerprint density at radius 2 is 1.82 bits per heavy atom. The summed E-state index contributed by atoms with van der Waals surface area (Å²) in [5.74, 6) is 0. The average Bonchev–Trinajstić information content (AvgIpc) is 2.36. The maximum Gasteiger partial charge on any atom is 0.124 e. The lowest BCUT2D eigenvalue weighted by molar-refractivity contribution is 0.242. The smallest absolute Gasteiger partial charge is 0.124 e. The molecule has 0 amide bonds. The highest BCUT2D eigenvalue weighted by Gasteiger charge is 1.83. The fourth-order valence-corrected chi connectivity index (χ4v) is 0.891. The van der Waals surface area contributed by atoms with Crippen LogP contribution in [0.15, 0.2) is 83.1 Å². The summed E-state index contributed by atoms with van der Waals surface area (Å²) >= 11 is 0. The second-order valence-electron chi connectivity index (χ2n) is 2.84. The molecule has 0 unspecified atom stereocenters. The van der Waals surface area contributed by atoms with Crippen molar-refractivity contribution in [3.63, 3.8) is 0 Å². The van der Waals surface area contributed by atoms with E-state index < -0.39 is 0 Å². The lowest BCUT2D eigenvalue weighted by Gasteiger charge is -1.82. The van der Waals surface area contributed by atoms with Gasteiger partial charge in [-0.2, -0.15) is 5.26 Å². The number of allylic oxidation sites excluding steroid dienone is 10. The molecule has 0 spiro atoms. The Balaban J connectivity index is 2.83. The van der Waals surface area contributed by atoms with Crippen molar-refractivity contribution in [2.45, 2.75) is 0 Å². The summed E-state index contributed by atoms with van der Waals surface area (Å²) in [6.45, 7) is 0.